The van der Waals surface area contributed by atoms with Gasteiger partial charge in [-0.05, 0) is 44.1 Å². The van der Waals surface area contributed by atoms with E-state index in [2.05, 4.69) is 35.0 Å². The lowest BCUT2D eigenvalue weighted by Crippen LogP contribution is -2.47. The Kier molecular flexibility index (Phi) is 7.13. The van der Waals surface area contributed by atoms with Crippen molar-refractivity contribution in [2.45, 2.75) is 51.7 Å². The third-order valence-corrected chi connectivity index (χ3v) is 6.95. The van der Waals surface area contributed by atoms with Gasteiger partial charge in [-0.2, -0.15) is 0 Å². The summed E-state index contributed by atoms with van der Waals surface area (Å²) >= 11 is 0. The molecule has 0 aliphatic carbocycles. The van der Waals surface area contributed by atoms with Gasteiger partial charge in [0, 0.05) is 51.8 Å². The maximum atomic E-state index is 13.4. The van der Waals surface area contributed by atoms with E-state index in [0.717, 1.165) is 63.4 Å². The minimum absolute atomic E-state index is 0.00944. The van der Waals surface area contributed by atoms with Crippen LogP contribution in [0.5, 0.6) is 5.75 Å². The van der Waals surface area contributed by atoms with E-state index in [-0.39, 0.29) is 17.9 Å². The van der Waals surface area contributed by atoms with Crippen molar-refractivity contribution in [3.05, 3.63) is 29.3 Å². The summed E-state index contributed by atoms with van der Waals surface area (Å²) in [6.45, 7) is 8.67. The Morgan fingerprint density at radius 3 is 2.58 bits per heavy atom. The highest BCUT2D eigenvalue weighted by Gasteiger charge is 2.30. The first kappa shape index (κ1) is 22.1. The van der Waals surface area contributed by atoms with E-state index in [4.69, 9.17) is 4.74 Å². The lowest BCUT2D eigenvalue weighted by atomic mass is 10.1. The van der Waals surface area contributed by atoms with Crippen LogP contribution in [-0.4, -0.2) is 90.4 Å². The van der Waals surface area contributed by atoms with Crippen molar-refractivity contribution in [2.24, 2.45) is 0 Å². The predicted octanol–water partition coefficient (Wildman–Crippen LogP) is 1.95. The van der Waals surface area contributed by atoms with Gasteiger partial charge in [0.15, 0.2) is 0 Å². The van der Waals surface area contributed by atoms with Crippen molar-refractivity contribution in [1.29, 1.82) is 0 Å². The third kappa shape index (κ3) is 5.39. The Labute approximate surface area is 185 Å². The molecule has 2 fully saturated rings. The molecule has 31 heavy (non-hydrogen) atoms. The van der Waals surface area contributed by atoms with Gasteiger partial charge in [0.25, 0.3) is 0 Å². The van der Waals surface area contributed by atoms with Crippen molar-refractivity contribution in [3.63, 3.8) is 0 Å². The number of rotatable bonds is 3. The Morgan fingerprint density at radius 1 is 1.00 bits per heavy atom. The summed E-state index contributed by atoms with van der Waals surface area (Å²) < 4.78 is 5.99. The minimum Gasteiger partial charge on any atom is -0.491 e. The second kappa shape index (κ2) is 10.0. The molecule has 170 valence electrons. The van der Waals surface area contributed by atoms with Crippen LogP contribution in [0, 0.1) is 0 Å². The summed E-state index contributed by atoms with van der Waals surface area (Å²) in [7, 11) is 2.08. The van der Waals surface area contributed by atoms with Gasteiger partial charge in [-0.25, -0.2) is 0 Å². The smallest absolute Gasteiger partial charge is 0.240 e. The number of likely N-dealkylation sites (N-methyl/N-ethyl adjacent to an activating group) is 1. The van der Waals surface area contributed by atoms with Gasteiger partial charge < -0.3 is 14.5 Å². The van der Waals surface area contributed by atoms with E-state index in [1.165, 1.54) is 18.4 Å². The molecule has 2 amide bonds. The summed E-state index contributed by atoms with van der Waals surface area (Å²) in [4.78, 5) is 33.4. The van der Waals surface area contributed by atoms with E-state index in [1.807, 2.05) is 9.80 Å². The topological polar surface area (TPSA) is 56.3 Å². The minimum atomic E-state index is -0.00944. The van der Waals surface area contributed by atoms with Gasteiger partial charge in [0.1, 0.15) is 12.4 Å². The van der Waals surface area contributed by atoms with Crippen molar-refractivity contribution in [2.75, 3.05) is 52.9 Å². The number of nitrogens with zero attached hydrogens (tertiary/aromatic N) is 4. The number of carbonyl (C=O) groups is 2. The second-order valence-electron chi connectivity index (χ2n) is 9.18. The van der Waals surface area contributed by atoms with E-state index in [0.29, 0.717) is 19.7 Å². The molecule has 0 bridgehead atoms. The zero-order valence-electron chi connectivity index (χ0n) is 19.0. The van der Waals surface area contributed by atoms with Gasteiger partial charge in [-0.15, -0.1) is 0 Å². The monoisotopic (exact) mass is 428 g/mol. The zero-order chi connectivity index (χ0) is 21.8. The van der Waals surface area contributed by atoms with Gasteiger partial charge in [-0.1, -0.05) is 18.9 Å². The Morgan fingerprint density at radius 2 is 1.81 bits per heavy atom. The van der Waals surface area contributed by atoms with Gasteiger partial charge in [-0.3, -0.25) is 19.4 Å². The average Bonchev–Trinajstić information content (AvgIpc) is 3.11. The Balaban J connectivity index is 1.42. The fourth-order valence-electron chi connectivity index (χ4n) is 4.99. The van der Waals surface area contributed by atoms with Crippen LogP contribution in [0.15, 0.2) is 18.2 Å². The summed E-state index contributed by atoms with van der Waals surface area (Å²) in [5, 5.41) is 0. The first-order valence-corrected chi connectivity index (χ1v) is 11.7. The molecule has 1 aromatic rings. The van der Waals surface area contributed by atoms with Crippen LogP contribution in [0.25, 0.3) is 0 Å². The molecular weight excluding hydrogens is 392 g/mol. The number of benzene rings is 1. The molecule has 4 rings (SSSR count). The zero-order valence-corrected chi connectivity index (χ0v) is 19.0. The highest BCUT2D eigenvalue weighted by atomic mass is 16.5. The molecule has 0 saturated carbocycles. The first-order valence-electron chi connectivity index (χ1n) is 11.7. The maximum Gasteiger partial charge on any atom is 0.240 e. The molecule has 3 heterocycles. The number of likely N-dealkylation sites (tertiary alicyclic amines) is 1. The highest BCUT2D eigenvalue weighted by molar-refractivity contribution is 5.82. The molecule has 7 heteroatoms. The second-order valence-corrected chi connectivity index (χ2v) is 9.18. The number of carbonyl (C=O) groups excluding carboxylic acids is 2. The normalized spacial score (nSPS) is 23.5. The van der Waals surface area contributed by atoms with Gasteiger partial charge >= 0.3 is 0 Å². The molecule has 0 spiro atoms. The summed E-state index contributed by atoms with van der Waals surface area (Å²) in [5.74, 6) is 1.30. The highest BCUT2D eigenvalue weighted by Crippen LogP contribution is 2.27. The maximum absolute atomic E-state index is 13.4. The van der Waals surface area contributed by atoms with Crippen molar-refractivity contribution in [3.8, 4) is 5.75 Å². The molecule has 0 unspecified atom stereocenters. The van der Waals surface area contributed by atoms with Crippen molar-refractivity contribution in [1.82, 2.24) is 19.6 Å². The number of ether oxygens (including phenoxy) is 1. The molecule has 0 N–H and O–H groups in total. The summed E-state index contributed by atoms with van der Waals surface area (Å²) in [6, 6.07) is 6.38. The van der Waals surface area contributed by atoms with E-state index in [9.17, 15) is 9.59 Å². The molecule has 2 saturated heterocycles. The SMILES string of the molecule is CC(=O)N1CCN(Cc2ccc3c(c2)CN(C(=O)[C@H]2CCCCCN2C)CCO3)CC1. The molecule has 0 radical (unpaired) electrons. The largest absolute Gasteiger partial charge is 0.491 e. The Bertz CT molecular complexity index is 791. The fourth-order valence-corrected chi connectivity index (χ4v) is 4.99. The van der Waals surface area contributed by atoms with Crippen LogP contribution in [0.3, 0.4) is 0 Å². The fraction of sp³-hybridized carbons (Fsp3) is 0.667. The van der Waals surface area contributed by atoms with Crippen LogP contribution in [0.2, 0.25) is 0 Å². The lowest BCUT2D eigenvalue weighted by Gasteiger charge is -2.34. The van der Waals surface area contributed by atoms with E-state index >= 15 is 0 Å². The van der Waals surface area contributed by atoms with Crippen molar-refractivity contribution >= 4 is 11.8 Å². The van der Waals surface area contributed by atoms with E-state index in [1.54, 1.807) is 6.92 Å². The van der Waals surface area contributed by atoms with Crippen LogP contribution in [0.1, 0.15) is 43.7 Å². The van der Waals surface area contributed by atoms with Crippen molar-refractivity contribution < 1.29 is 14.3 Å². The van der Waals surface area contributed by atoms with Crippen LogP contribution in [-0.2, 0) is 22.7 Å². The summed E-state index contributed by atoms with van der Waals surface area (Å²) in [6.07, 6.45) is 4.47. The standard InChI is InChI=1S/C24H36N4O3/c1-19(29)27-12-10-26(11-13-27)17-20-7-8-23-21(16-20)18-28(14-15-31-23)24(30)22-6-4-3-5-9-25(22)2/h7-8,16,22H,3-6,9-15,17-18H2,1-2H3/t22-/m1/s1. The number of hydrogen-bond donors (Lipinski definition) is 0. The van der Waals surface area contributed by atoms with Crippen LogP contribution < -0.4 is 4.74 Å². The number of fused-ring (bicyclic) bond motifs is 1. The molecule has 7 nitrogen and oxygen atoms in total. The van der Waals surface area contributed by atoms with Crippen LogP contribution in [0.4, 0.5) is 0 Å². The number of hydrogen-bond acceptors (Lipinski definition) is 5. The van der Waals surface area contributed by atoms with E-state index < -0.39 is 0 Å². The predicted molar refractivity (Wildman–Crippen MR) is 120 cm³/mol. The Hall–Kier alpha value is -2.12. The van der Waals surface area contributed by atoms with Gasteiger partial charge in [0.05, 0.1) is 12.6 Å². The molecule has 1 aromatic carbocycles. The molecular formula is C24H36N4O3. The lowest BCUT2D eigenvalue weighted by molar-refractivity contribution is -0.137. The molecule has 0 aromatic heterocycles. The summed E-state index contributed by atoms with van der Waals surface area (Å²) in [5.41, 5.74) is 2.33. The number of amides is 2. The third-order valence-electron chi connectivity index (χ3n) is 6.95. The van der Waals surface area contributed by atoms with Crippen LogP contribution >= 0.6 is 0 Å². The first-order chi connectivity index (χ1) is 15.0. The molecule has 3 aliphatic rings. The van der Waals surface area contributed by atoms with Gasteiger partial charge in [0.2, 0.25) is 11.8 Å². The molecule has 1 atom stereocenters. The molecule has 3 aliphatic heterocycles. The quantitative estimate of drug-likeness (QED) is 0.737. The number of piperazine rings is 1. The average molecular weight is 429 g/mol.